The fraction of sp³-hybridized carbons (Fsp3) is 0.857. The van der Waals surface area contributed by atoms with Gasteiger partial charge in [-0.25, -0.2) is 0 Å². The molecule has 12 heavy (non-hydrogen) atoms. The van der Waals surface area contributed by atoms with E-state index in [4.69, 9.17) is 5.73 Å². The maximum absolute atomic E-state index is 11.1. The molecule has 0 bridgehead atoms. The molecular formula is C7H16N2OS2. The lowest BCUT2D eigenvalue weighted by Gasteiger charge is -2.21. The Morgan fingerprint density at radius 1 is 1.67 bits per heavy atom. The highest BCUT2D eigenvalue weighted by Crippen LogP contribution is 2.25. The van der Waals surface area contributed by atoms with Crippen molar-refractivity contribution in [3.8, 4) is 0 Å². The van der Waals surface area contributed by atoms with Gasteiger partial charge in [0.1, 0.15) is 5.78 Å². The van der Waals surface area contributed by atoms with Crippen LogP contribution in [-0.4, -0.2) is 36.9 Å². The molecule has 0 aliphatic heterocycles. The second-order valence-electron chi connectivity index (χ2n) is 2.41. The van der Waals surface area contributed by atoms with Crippen LogP contribution in [-0.2, 0) is 4.79 Å². The highest BCUT2D eigenvalue weighted by atomic mass is 33.1. The summed E-state index contributed by atoms with van der Waals surface area (Å²) in [5, 5.41) is 3.14. The van der Waals surface area contributed by atoms with Gasteiger partial charge in [-0.2, -0.15) is 0 Å². The third-order valence-corrected chi connectivity index (χ3v) is 3.80. The van der Waals surface area contributed by atoms with Crippen LogP contribution in [0.4, 0.5) is 0 Å². The van der Waals surface area contributed by atoms with Gasteiger partial charge in [-0.3, -0.25) is 4.79 Å². The van der Waals surface area contributed by atoms with Gasteiger partial charge in [0, 0.05) is 11.8 Å². The molecule has 0 aliphatic rings. The van der Waals surface area contributed by atoms with Crippen molar-refractivity contribution in [2.75, 3.05) is 19.8 Å². The fourth-order valence-electron chi connectivity index (χ4n) is 1.01. The third-order valence-electron chi connectivity index (χ3n) is 1.57. The number of nitrogens with one attached hydrogen (secondary N) is 1. The monoisotopic (exact) mass is 208 g/mol. The highest BCUT2D eigenvalue weighted by Gasteiger charge is 2.22. The molecule has 0 spiro atoms. The van der Waals surface area contributed by atoms with Crippen LogP contribution in [0.3, 0.4) is 0 Å². The number of carbonyl (C=O) groups excluding carboxylic acids is 1. The summed E-state index contributed by atoms with van der Waals surface area (Å²) >= 11 is 0. The second-order valence-corrected chi connectivity index (χ2v) is 5.12. The number of hydrogen-bond donors (Lipinski definition) is 2. The average molecular weight is 208 g/mol. The summed E-state index contributed by atoms with van der Waals surface area (Å²) in [5.74, 6) is 0.148. The molecule has 3 nitrogen and oxygen atoms in total. The van der Waals surface area contributed by atoms with Gasteiger partial charge in [0.2, 0.25) is 0 Å². The molecule has 0 saturated heterocycles. The smallest absolute Gasteiger partial charge is 0.147 e. The summed E-state index contributed by atoms with van der Waals surface area (Å²) in [7, 11) is 5.07. The molecule has 2 unspecified atom stereocenters. The van der Waals surface area contributed by atoms with Gasteiger partial charge in [-0.15, -0.1) is 0 Å². The highest BCUT2D eigenvalue weighted by molar-refractivity contribution is 8.76. The van der Waals surface area contributed by atoms with E-state index in [2.05, 4.69) is 5.32 Å². The predicted octanol–water partition coefficient (Wildman–Crippen LogP) is 0.502. The van der Waals surface area contributed by atoms with Gasteiger partial charge in [-0.1, -0.05) is 21.6 Å². The Morgan fingerprint density at radius 2 is 2.25 bits per heavy atom. The van der Waals surface area contributed by atoms with E-state index in [0.29, 0.717) is 6.54 Å². The molecule has 2 atom stereocenters. The Labute approximate surface area is 81.6 Å². The lowest BCUT2D eigenvalue weighted by atomic mass is 10.1. The van der Waals surface area contributed by atoms with E-state index in [1.54, 1.807) is 35.6 Å². The molecule has 0 fully saturated rings. The number of ketones is 1. The molecule has 0 rings (SSSR count). The SMILES string of the molecule is CNC(C(C)=O)C(CN)SSC. The van der Waals surface area contributed by atoms with Gasteiger partial charge in [0.15, 0.2) is 0 Å². The summed E-state index contributed by atoms with van der Waals surface area (Å²) in [4.78, 5) is 11.1. The largest absolute Gasteiger partial charge is 0.329 e. The normalized spacial score (nSPS) is 15.7. The molecule has 0 aromatic carbocycles. The van der Waals surface area contributed by atoms with Crippen LogP contribution >= 0.6 is 21.6 Å². The van der Waals surface area contributed by atoms with Crippen LogP contribution in [0, 0.1) is 0 Å². The minimum atomic E-state index is -0.118. The van der Waals surface area contributed by atoms with Crippen molar-refractivity contribution in [1.82, 2.24) is 5.32 Å². The Balaban J connectivity index is 4.12. The average Bonchev–Trinajstić information content (AvgIpc) is 2.03. The molecule has 5 heteroatoms. The minimum absolute atomic E-state index is 0.118. The summed E-state index contributed by atoms with van der Waals surface area (Å²) in [6.07, 6.45) is 1.99. The van der Waals surface area contributed by atoms with Crippen molar-refractivity contribution in [3.63, 3.8) is 0 Å². The molecule has 3 N–H and O–H groups in total. The van der Waals surface area contributed by atoms with Crippen molar-refractivity contribution < 1.29 is 4.79 Å². The maximum Gasteiger partial charge on any atom is 0.147 e. The number of rotatable bonds is 6. The summed E-state index contributed by atoms with van der Waals surface area (Å²) in [6, 6.07) is -0.118. The van der Waals surface area contributed by atoms with E-state index < -0.39 is 0 Å². The number of likely N-dealkylation sites (N-methyl/N-ethyl adjacent to an activating group) is 1. The van der Waals surface area contributed by atoms with Crippen molar-refractivity contribution in [3.05, 3.63) is 0 Å². The zero-order chi connectivity index (χ0) is 9.56. The van der Waals surface area contributed by atoms with E-state index in [-0.39, 0.29) is 17.1 Å². The maximum atomic E-state index is 11.1. The second kappa shape index (κ2) is 6.77. The standard InChI is InChI=1S/C7H16N2OS2/c1-5(10)7(9-2)6(4-8)12-11-3/h6-7,9H,4,8H2,1-3H3. The van der Waals surface area contributed by atoms with Crippen LogP contribution in [0.2, 0.25) is 0 Å². The number of hydrogen-bond acceptors (Lipinski definition) is 5. The Bertz CT molecular complexity index is 143. The molecule has 0 amide bonds. The van der Waals surface area contributed by atoms with Gasteiger partial charge >= 0.3 is 0 Å². The lowest BCUT2D eigenvalue weighted by Crippen LogP contribution is -2.44. The minimum Gasteiger partial charge on any atom is -0.329 e. The Hall–Kier alpha value is 0.290. The molecule has 72 valence electrons. The van der Waals surface area contributed by atoms with Gasteiger partial charge in [0.05, 0.1) is 6.04 Å². The van der Waals surface area contributed by atoms with Crippen molar-refractivity contribution in [2.45, 2.75) is 18.2 Å². The van der Waals surface area contributed by atoms with Crippen molar-refractivity contribution >= 4 is 27.4 Å². The number of nitrogens with two attached hydrogens (primary N) is 1. The fourth-order valence-corrected chi connectivity index (χ4v) is 3.08. The zero-order valence-corrected chi connectivity index (χ0v) is 9.30. The predicted molar refractivity (Wildman–Crippen MR) is 57.5 cm³/mol. The summed E-state index contributed by atoms with van der Waals surface area (Å²) < 4.78 is 0. The first-order chi connectivity index (χ1) is 5.67. The van der Waals surface area contributed by atoms with Crippen LogP contribution < -0.4 is 11.1 Å². The van der Waals surface area contributed by atoms with Crippen LogP contribution in [0.5, 0.6) is 0 Å². The molecule has 0 radical (unpaired) electrons. The summed E-state index contributed by atoms with van der Waals surface area (Å²) in [6.45, 7) is 2.11. The van der Waals surface area contributed by atoms with E-state index in [1.807, 2.05) is 6.26 Å². The molecule has 0 saturated carbocycles. The molecule has 0 aromatic heterocycles. The first-order valence-corrected chi connectivity index (χ1v) is 6.36. The van der Waals surface area contributed by atoms with Gasteiger partial charge in [0.25, 0.3) is 0 Å². The van der Waals surface area contributed by atoms with Gasteiger partial charge < -0.3 is 11.1 Å². The Kier molecular flexibility index (Phi) is 6.93. The van der Waals surface area contributed by atoms with E-state index >= 15 is 0 Å². The van der Waals surface area contributed by atoms with E-state index in [0.717, 1.165) is 0 Å². The van der Waals surface area contributed by atoms with E-state index in [1.165, 1.54) is 0 Å². The van der Waals surface area contributed by atoms with Crippen molar-refractivity contribution in [2.24, 2.45) is 5.73 Å². The van der Waals surface area contributed by atoms with E-state index in [9.17, 15) is 4.79 Å². The molecule has 0 aliphatic carbocycles. The zero-order valence-electron chi connectivity index (χ0n) is 7.66. The quantitative estimate of drug-likeness (QED) is 0.623. The van der Waals surface area contributed by atoms with Crippen LogP contribution in [0.1, 0.15) is 6.92 Å². The third kappa shape index (κ3) is 3.80. The first-order valence-electron chi connectivity index (χ1n) is 3.74. The lowest BCUT2D eigenvalue weighted by molar-refractivity contribution is -0.118. The van der Waals surface area contributed by atoms with Crippen LogP contribution in [0.15, 0.2) is 0 Å². The summed E-state index contributed by atoms with van der Waals surface area (Å²) in [5.41, 5.74) is 5.55. The number of Topliss-reactive ketones (excluding diaryl/α,β-unsaturated/α-hetero) is 1. The molecule has 0 aromatic rings. The first kappa shape index (κ1) is 12.3. The Morgan fingerprint density at radius 3 is 2.50 bits per heavy atom. The number of carbonyl (C=O) groups is 1. The van der Waals surface area contributed by atoms with Crippen LogP contribution in [0.25, 0.3) is 0 Å². The molecular weight excluding hydrogens is 192 g/mol. The topological polar surface area (TPSA) is 55.1 Å². The van der Waals surface area contributed by atoms with Crippen molar-refractivity contribution in [1.29, 1.82) is 0 Å². The van der Waals surface area contributed by atoms with Gasteiger partial charge in [-0.05, 0) is 20.2 Å². The molecule has 0 heterocycles.